The van der Waals surface area contributed by atoms with Crippen molar-refractivity contribution in [2.45, 2.75) is 24.2 Å². The predicted octanol–water partition coefficient (Wildman–Crippen LogP) is 8.14. The minimum absolute atomic E-state index is 0.325. The molecule has 1 amide bonds. The number of aromatic nitrogens is 1. The first-order chi connectivity index (χ1) is 23.6. The van der Waals surface area contributed by atoms with Gasteiger partial charge in [-0.1, -0.05) is 97.1 Å². The molecule has 2 unspecified atom stereocenters. The normalized spacial score (nSPS) is 21.4. The van der Waals surface area contributed by atoms with Crippen molar-refractivity contribution in [1.82, 2.24) is 4.98 Å². The summed E-state index contributed by atoms with van der Waals surface area (Å²) in [6, 6.07) is 41.3. The summed E-state index contributed by atoms with van der Waals surface area (Å²) >= 11 is 0. The molecule has 3 aliphatic heterocycles. The molecule has 230 valence electrons. The van der Waals surface area contributed by atoms with Crippen molar-refractivity contribution in [3.8, 4) is 0 Å². The highest BCUT2D eigenvalue weighted by molar-refractivity contribution is 6.52. The number of carbonyl (C=O) groups excluding carboxylic acids is 2. The first kappa shape index (κ1) is 27.1. The fourth-order valence-electron chi connectivity index (χ4n) is 7.93. The second-order valence-corrected chi connectivity index (χ2v) is 12.7. The lowest BCUT2D eigenvalue weighted by Gasteiger charge is -2.51. The van der Waals surface area contributed by atoms with Gasteiger partial charge in [-0.2, -0.15) is 0 Å². The number of benzene rings is 5. The second-order valence-electron chi connectivity index (χ2n) is 12.7. The average molecular weight is 626 g/mol. The second kappa shape index (κ2) is 9.73. The number of rotatable bonds is 4. The Hall–Kier alpha value is -6.05. The molecule has 48 heavy (non-hydrogen) atoms. The fourth-order valence-corrected chi connectivity index (χ4v) is 7.93. The molecule has 0 saturated carbocycles. The number of nitrogens with one attached hydrogen (secondary N) is 1. The number of aromatic amines is 1. The number of hydrogen-bond donors (Lipinski definition) is 1. The van der Waals surface area contributed by atoms with Crippen molar-refractivity contribution in [2.24, 2.45) is 4.99 Å². The van der Waals surface area contributed by atoms with Gasteiger partial charge in [0, 0.05) is 34.7 Å². The Balaban J connectivity index is 1.34. The maximum Gasteiger partial charge on any atom is 0.302 e. The quantitative estimate of drug-likeness (QED) is 0.200. The van der Waals surface area contributed by atoms with Crippen molar-refractivity contribution in [3.05, 3.63) is 167 Å². The van der Waals surface area contributed by atoms with E-state index in [-0.39, 0.29) is 0 Å². The van der Waals surface area contributed by atoms with Crippen molar-refractivity contribution >= 4 is 50.5 Å². The standard InChI is InChI=1S/C41H27N3O4/c45-37-30-16-6-10-20-34(30)44(39(37)46)41(38-29-15-5-1-14-28(29)24-47-38)31-17-7-2-13-27(31)23-40(48-41,35-21-25-11-3-8-18-32(25)42-35)36-22-26-12-4-9-19-33(26)43-36/h1-21,24,42H,22-23H2. The molecule has 0 saturated heterocycles. The van der Waals surface area contributed by atoms with Crippen LogP contribution in [0.15, 0.2) is 143 Å². The molecule has 7 nitrogen and oxygen atoms in total. The van der Waals surface area contributed by atoms with Crippen LogP contribution in [0.4, 0.5) is 11.4 Å². The van der Waals surface area contributed by atoms with E-state index in [0.717, 1.165) is 55.5 Å². The first-order valence-corrected chi connectivity index (χ1v) is 16.0. The number of hydrogen-bond acceptors (Lipinski definition) is 5. The van der Waals surface area contributed by atoms with E-state index in [0.29, 0.717) is 29.9 Å². The summed E-state index contributed by atoms with van der Waals surface area (Å²) in [7, 11) is 0. The lowest BCUT2D eigenvalue weighted by molar-refractivity contribution is -0.145. The Morgan fingerprint density at radius 1 is 0.750 bits per heavy atom. The summed E-state index contributed by atoms with van der Waals surface area (Å²) in [5.41, 5.74) is 4.10. The van der Waals surface area contributed by atoms with E-state index in [9.17, 15) is 9.59 Å². The molecule has 2 atom stereocenters. The number of amides is 1. The Bertz CT molecular complexity index is 2490. The third-order valence-corrected chi connectivity index (χ3v) is 10.1. The molecule has 1 N–H and O–H groups in total. The molecule has 0 bridgehead atoms. The number of H-pyrrole nitrogens is 1. The highest BCUT2D eigenvalue weighted by Crippen LogP contribution is 2.56. The van der Waals surface area contributed by atoms with Crippen LogP contribution in [-0.4, -0.2) is 22.4 Å². The van der Waals surface area contributed by atoms with Gasteiger partial charge in [0.1, 0.15) is 0 Å². The van der Waals surface area contributed by atoms with Gasteiger partial charge in [-0.25, -0.2) is 0 Å². The smallest absolute Gasteiger partial charge is 0.302 e. The number of ketones is 1. The summed E-state index contributed by atoms with van der Waals surface area (Å²) in [6.07, 6.45) is 2.67. The van der Waals surface area contributed by atoms with Crippen LogP contribution in [0.3, 0.4) is 0 Å². The van der Waals surface area contributed by atoms with Gasteiger partial charge in [0.25, 0.3) is 5.78 Å². The molecular formula is C41H27N3O4. The molecule has 5 heterocycles. The number of fused-ring (bicyclic) bond motifs is 5. The number of anilines is 1. The molecule has 7 heteroatoms. The average Bonchev–Trinajstić information content (AvgIpc) is 3.92. The van der Waals surface area contributed by atoms with Gasteiger partial charge in [-0.05, 0) is 46.8 Å². The van der Waals surface area contributed by atoms with E-state index in [2.05, 4.69) is 29.2 Å². The number of furan rings is 1. The number of para-hydroxylation sites is 3. The Morgan fingerprint density at radius 3 is 2.35 bits per heavy atom. The lowest BCUT2D eigenvalue weighted by Crippen LogP contribution is -2.61. The number of aliphatic imine (C=N–C) groups is 1. The first-order valence-electron chi connectivity index (χ1n) is 16.0. The highest BCUT2D eigenvalue weighted by atomic mass is 16.6. The minimum atomic E-state index is -1.70. The number of Topliss-reactive ketones (excluding diaryl/α,β-unsaturated/α-hetero) is 1. The Morgan fingerprint density at radius 2 is 1.48 bits per heavy atom. The van der Waals surface area contributed by atoms with Crippen LogP contribution in [-0.2, 0) is 33.7 Å². The number of carbonyl (C=O) groups is 2. The van der Waals surface area contributed by atoms with Crippen molar-refractivity contribution in [2.75, 3.05) is 4.90 Å². The SMILES string of the molecule is O=C1C(=O)N(C2(c3occ4ccccc34)OC(C3=Nc4ccccc4C3)(c3cc4ccccc4[nH]3)Cc3ccccc32)c2ccccc21. The summed E-state index contributed by atoms with van der Waals surface area (Å²) < 4.78 is 14.4. The Labute approximate surface area is 275 Å². The largest absolute Gasteiger partial charge is 0.462 e. The maximum atomic E-state index is 14.5. The number of nitrogens with zero attached hydrogens (tertiary/aromatic N) is 2. The minimum Gasteiger partial charge on any atom is -0.462 e. The molecule has 0 fully saturated rings. The zero-order valence-corrected chi connectivity index (χ0v) is 25.6. The van der Waals surface area contributed by atoms with Gasteiger partial charge in [0.15, 0.2) is 11.4 Å². The van der Waals surface area contributed by atoms with E-state index in [4.69, 9.17) is 14.1 Å². The zero-order valence-electron chi connectivity index (χ0n) is 25.6. The summed E-state index contributed by atoms with van der Waals surface area (Å²) in [4.78, 5) is 38.8. The van der Waals surface area contributed by atoms with Crippen molar-refractivity contribution in [3.63, 3.8) is 0 Å². The molecular weight excluding hydrogens is 598 g/mol. The Kier molecular flexibility index (Phi) is 5.49. The molecule has 0 spiro atoms. The van der Waals surface area contributed by atoms with Gasteiger partial charge in [0.2, 0.25) is 5.72 Å². The third-order valence-electron chi connectivity index (χ3n) is 10.1. The molecule has 7 aromatic rings. The molecule has 5 aromatic carbocycles. The van der Waals surface area contributed by atoms with Crippen LogP contribution in [0, 0.1) is 0 Å². The topological polar surface area (TPSA) is 87.9 Å². The van der Waals surface area contributed by atoms with Crippen LogP contribution in [0.2, 0.25) is 0 Å². The van der Waals surface area contributed by atoms with E-state index in [1.807, 2.05) is 84.9 Å². The predicted molar refractivity (Wildman–Crippen MR) is 184 cm³/mol. The van der Waals surface area contributed by atoms with Crippen LogP contribution in [0.5, 0.6) is 0 Å². The third kappa shape index (κ3) is 3.53. The van der Waals surface area contributed by atoms with Crippen molar-refractivity contribution < 1.29 is 18.7 Å². The van der Waals surface area contributed by atoms with Gasteiger partial charge in [-0.3, -0.25) is 19.5 Å². The molecule has 10 rings (SSSR count). The lowest BCUT2D eigenvalue weighted by atomic mass is 9.76. The van der Waals surface area contributed by atoms with E-state index < -0.39 is 23.0 Å². The fraction of sp³-hybridized carbons (Fsp3) is 0.0976. The zero-order chi connectivity index (χ0) is 32.0. The van der Waals surface area contributed by atoms with Gasteiger partial charge < -0.3 is 14.1 Å². The van der Waals surface area contributed by atoms with E-state index in [1.165, 1.54) is 4.90 Å². The maximum absolute atomic E-state index is 14.5. The monoisotopic (exact) mass is 625 g/mol. The molecule has 3 aliphatic rings. The van der Waals surface area contributed by atoms with Gasteiger partial charge in [-0.15, -0.1) is 0 Å². The van der Waals surface area contributed by atoms with Gasteiger partial charge in [0.05, 0.1) is 34.6 Å². The highest BCUT2D eigenvalue weighted by Gasteiger charge is 2.62. The van der Waals surface area contributed by atoms with Crippen LogP contribution in [0.25, 0.3) is 21.7 Å². The number of ether oxygens (including phenoxy) is 1. The molecule has 0 radical (unpaired) electrons. The van der Waals surface area contributed by atoms with E-state index in [1.54, 1.807) is 24.5 Å². The van der Waals surface area contributed by atoms with Crippen LogP contribution < -0.4 is 4.90 Å². The summed E-state index contributed by atoms with van der Waals surface area (Å²) in [5, 5.41) is 2.66. The van der Waals surface area contributed by atoms with Crippen LogP contribution in [0.1, 0.15) is 38.5 Å². The summed E-state index contributed by atoms with van der Waals surface area (Å²) in [5.74, 6) is -0.857. The van der Waals surface area contributed by atoms with Gasteiger partial charge >= 0.3 is 5.91 Å². The van der Waals surface area contributed by atoms with E-state index >= 15 is 0 Å². The summed E-state index contributed by atoms with van der Waals surface area (Å²) in [6.45, 7) is 0. The van der Waals surface area contributed by atoms with Crippen LogP contribution >= 0.6 is 0 Å². The molecule has 0 aliphatic carbocycles. The molecule has 2 aromatic heterocycles. The van der Waals surface area contributed by atoms with Crippen molar-refractivity contribution in [1.29, 1.82) is 0 Å².